The number of Topliss-reactive ketones (excluding diaryl/α,β-unsaturated/α-hetero) is 1. The molecule has 2 saturated heterocycles. The van der Waals surface area contributed by atoms with E-state index in [1.165, 1.54) is 6.92 Å². The minimum absolute atomic E-state index is 0.0958. The van der Waals surface area contributed by atoms with Crippen molar-refractivity contribution in [2.45, 2.75) is 37.8 Å². The van der Waals surface area contributed by atoms with Gasteiger partial charge in [-0.3, -0.25) is 9.59 Å². The summed E-state index contributed by atoms with van der Waals surface area (Å²) in [4.78, 5) is 21.8. The molecule has 0 saturated carbocycles. The Morgan fingerprint density at radius 1 is 1.69 bits per heavy atom. The molecule has 2 aliphatic heterocycles. The van der Waals surface area contributed by atoms with E-state index in [1.54, 1.807) is 0 Å². The van der Waals surface area contributed by atoms with Gasteiger partial charge in [-0.1, -0.05) is 0 Å². The van der Waals surface area contributed by atoms with Crippen LogP contribution in [0.5, 0.6) is 0 Å². The van der Waals surface area contributed by atoms with E-state index in [9.17, 15) is 14.7 Å². The molecule has 0 aliphatic carbocycles. The lowest BCUT2D eigenvalue weighted by molar-refractivity contribution is -0.155. The maximum absolute atomic E-state index is 11.1. The average Bonchev–Trinajstić information content (AvgIpc) is 2.51. The van der Waals surface area contributed by atoms with Crippen molar-refractivity contribution >= 4 is 11.8 Å². The van der Waals surface area contributed by atoms with Crippen LogP contribution in [0.4, 0.5) is 0 Å². The summed E-state index contributed by atoms with van der Waals surface area (Å²) in [6, 6.07) is 0. The summed E-state index contributed by atoms with van der Waals surface area (Å²) in [5, 5.41) is 9.49. The molecule has 4 unspecified atom stereocenters. The molecule has 0 aromatic heterocycles. The molecular formula is C8H10O5. The molecule has 2 fully saturated rings. The fraction of sp³-hybridized carbons (Fsp3) is 0.750. The van der Waals surface area contributed by atoms with Gasteiger partial charge in [0.2, 0.25) is 0 Å². The highest BCUT2D eigenvalue weighted by Crippen LogP contribution is 2.34. The van der Waals surface area contributed by atoms with Gasteiger partial charge in [0, 0.05) is 13.3 Å². The molecule has 2 aliphatic rings. The van der Waals surface area contributed by atoms with E-state index in [2.05, 4.69) is 0 Å². The Morgan fingerprint density at radius 3 is 2.92 bits per heavy atom. The van der Waals surface area contributed by atoms with Crippen LogP contribution in [0.1, 0.15) is 13.3 Å². The molecule has 2 rings (SSSR count). The fourth-order valence-electron chi connectivity index (χ4n) is 1.80. The maximum atomic E-state index is 11.1. The Labute approximate surface area is 74.6 Å². The number of fused-ring (bicyclic) bond motifs is 2. The van der Waals surface area contributed by atoms with E-state index in [-0.39, 0.29) is 12.2 Å². The quantitative estimate of drug-likeness (QED) is 0.533. The van der Waals surface area contributed by atoms with Gasteiger partial charge in [0.25, 0.3) is 0 Å². The van der Waals surface area contributed by atoms with Gasteiger partial charge in [-0.25, -0.2) is 0 Å². The molecule has 1 N–H and O–H groups in total. The molecule has 4 atom stereocenters. The lowest BCUT2D eigenvalue weighted by atomic mass is 9.94. The van der Waals surface area contributed by atoms with Crippen LogP contribution in [0.25, 0.3) is 0 Å². The summed E-state index contributed by atoms with van der Waals surface area (Å²) in [5.74, 6) is -0.602. The molecule has 0 spiro atoms. The second-order valence-corrected chi connectivity index (χ2v) is 3.33. The topological polar surface area (TPSA) is 72.8 Å². The van der Waals surface area contributed by atoms with Crippen molar-refractivity contribution in [1.82, 2.24) is 0 Å². The summed E-state index contributed by atoms with van der Waals surface area (Å²) in [5.41, 5.74) is 0. The zero-order valence-electron chi connectivity index (χ0n) is 7.10. The number of ketones is 1. The van der Waals surface area contributed by atoms with Gasteiger partial charge in [0.1, 0.15) is 6.10 Å². The monoisotopic (exact) mass is 186 g/mol. The fourth-order valence-corrected chi connectivity index (χ4v) is 1.80. The maximum Gasteiger partial charge on any atom is 0.303 e. The van der Waals surface area contributed by atoms with Crippen molar-refractivity contribution in [1.29, 1.82) is 0 Å². The largest absolute Gasteiger partial charge is 0.456 e. The summed E-state index contributed by atoms with van der Waals surface area (Å²) in [6.45, 7) is 1.24. The van der Waals surface area contributed by atoms with Crippen LogP contribution in [0.2, 0.25) is 0 Å². The van der Waals surface area contributed by atoms with Crippen LogP contribution in [0.3, 0.4) is 0 Å². The predicted molar refractivity (Wildman–Crippen MR) is 39.8 cm³/mol. The molecule has 0 aromatic carbocycles. The SMILES string of the molecule is CC(=O)OC1C2OC(CC2=O)C1O. The minimum Gasteiger partial charge on any atom is -0.456 e. The van der Waals surface area contributed by atoms with Crippen molar-refractivity contribution in [3.63, 3.8) is 0 Å². The van der Waals surface area contributed by atoms with Crippen LogP contribution in [0, 0.1) is 0 Å². The lowest BCUT2D eigenvalue weighted by Crippen LogP contribution is -2.44. The number of carbonyl (C=O) groups excluding carboxylic acids is 2. The number of esters is 1. The van der Waals surface area contributed by atoms with E-state index < -0.39 is 30.4 Å². The highest BCUT2D eigenvalue weighted by molar-refractivity contribution is 5.87. The van der Waals surface area contributed by atoms with Gasteiger partial charge in [-0.15, -0.1) is 0 Å². The number of hydrogen-bond donors (Lipinski definition) is 1. The van der Waals surface area contributed by atoms with Crippen molar-refractivity contribution < 1.29 is 24.2 Å². The number of hydrogen-bond acceptors (Lipinski definition) is 5. The Morgan fingerprint density at radius 2 is 2.38 bits per heavy atom. The van der Waals surface area contributed by atoms with Crippen molar-refractivity contribution in [3.8, 4) is 0 Å². The van der Waals surface area contributed by atoms with Crippen LogP contribution in [-0.2, 0) is 19.1 Å². The van der Waals surface area contributed by atoms with Crippen molar-refractivity contribution in [3.05, 3.63) is 0 Å². The first kappa shape index (κ1) is 8.65. The number of aliphatic hydroxyl groups excluding tert-OH is 1. The third-order valence-electron chi connectivity index (χ3n) is 2.36. The smallest absolute Gasteiger partial charge is 0.303 e. The molecule has 5 heteroatoms. The molecular weight excluding hydrogens is 176 g/mol. The third kappa shape index (κ3) is 1.24. The van der Waals surface area contributed by atoms with Gasteiger partial charge >= 0.3 is 5.97 Å². The highest BCUT2D eigenvalue weighted by Gasteiger charge is 2.55. The summed E-state index contributed by atoms with van der Waals surface area (Å²) in [7, 11) is 0. The van der Waals surface area contributed by atoms with Crippen molar-refractivity contribution in [2.24, 2.45) is 0 Å². The first-order valence-electron chi connectivity index (χ1n) is 4.13. The van der Waals surface area contributed by atoms with E-state index in [1.807, 2.05) is 0 Å². The predicted octanol–water partition coefficient (Wildman–Crippen LogP) is -0.981. The van der Waals surface area contributed by atoms with E-state index >= 15 is 0 Å². The van der Waals surface area contributed by atoms with Crippen LogP contribution in [0.15, 0.2) is 0 Å². The Balaban J connectivity index is 2.11. The molecule has 0 radical (unpaired) electrons. The zero-order valence-corrected chi connectivity index (χ0v) is 7.10. The molecule has 0 amide bonds. The van der Waals surface area contributed by atoms with Gasteiger partial charge in [0.15, 0.2) is 18.0 Å². The zero-order chi connectivity index (χ0) is 9.59. The first-order chi connectivity index (χ1) is 6.09. The Bertz CT molecular complexity index is 261. The molecule has 13 heavy (non-hydrogen) atoms. The van der Waals surface area contributed by atoms with Crippen LogP contribution < -0.4 is 0 Å². The Hall–Kier alpha value is -0.940. The van der Waals surface area contributed by atoms with Crippen LogP contribution >= 0.6 is 0 Å². The minimum atomic E-state index is -0.855. The summed E-state index contributed by atoms with van der Waals surface area (Å²) < 4.78 is 9.93. The lowest BCUT2D eigenvalue weighted by Gasteiger charge is -2.22. The van der Waals surface area contributed by atoms with Gasteiger partial charge in [0.05, 0.1) is 6.10 Å². The Kier molecular flexibility index (Phi) is 1.85. The van der Waals surface area contributed by atoms with Gasteiger partial charge < -0.3 is 14.6 Å². The van der Waals surface area contributed by atoms with Gasteiger partial charge in [-0.05, 0) is 0 Å². The molecule has 5 nitrogen and oxygen atoms in total. The second kappa shape index (κ2) is 2.78. The number of rotatable bonds is 1. The van der Waals surface area contributed by atoms with E-state index in [0.29, 0.717) is 0 Å². The molecule has 2 bridgehead atoms. The first-order valence-corrected chi connectivity index (χ1v) is 4.13. The molecule has 2 heterocycles. The normalized spacial score (nSPS) is 42.5. The molecule has 72 valence electrons. The van der Waals surface area contributed by atoms with Crippen LogP contribution in [-0.4, -0.2) is 41.3 Å². The summed E-state index contributed by atoms with van der Waals surface area (Å²) >= 11 is 0. The van der Waals surface area contributed by atoms with E-state index in [0.717, 1.165) is 0 Å². The van der Waals surface area contributed by atoms with E-state index in [4.69, 9.17) is 9.47 Å². The highest BCUT2D eigenvalue weighted by atomic mass is 16.6. The van der Waals surface area contributed by atoms with Crippen molar-refractivity contribution in [2.75, 3.05) is 0 Å². The number of carbonyl (C=O) groups is 2. The standard InChI is InChI=1S/C8H10O5/c1-3(9)12-8-6(11)5-2-4(10)7(8)13-5/h5-8,11H,2H2,1H3. The average molecular weight is 186 g/mol. The van der Waals surface area contributed by atoms with Gasteiger partial charge in [-0.2, -0.15) is 0 Å². The molecule has 0 aromatic rings. The third-order valence-corrected chi connectivity index (χ3v) is 2.36. The second-order valence-electron chi connectivity index (χ2n) is 3.33. The number of ether oxygens (including phenoxy) is 2. The number of aliphatic hydroxyl groups is 1. The summed E-state index contributed by atoms with van der Waals surface area (Å²) in [6.07, 6.45) is -2.66.